The Labute approximate surface area is 256 Å². The van der Waals surface area contributed by atoms with Gasteiger partial charge in [0.15, 0.2) is 5.83 Å². The number of halogens is 1. The largest absolute Gasteiger partial charge is 0.463 e. The van der Waals surface area contributed by atoms with E-state index in [1.165, 1.54) is 21.2 Å². The van der Waals surface area contributed by atoms with Crippen LogP contribution in [0.2, 0.25) is 0 Å². The zero-order valence-electron chi connectivity index (χ0n) is 25.1. The average Bonchev–Trinajstić information content (AvgIpc) is 3.35. The first-order valence-electron chi connectivity index (χ1n) is 15.0. The van der Waals surface area contributed by atoms with E-state index in [-0.39, 0.29) is 30.8 Å². The Hall–Kier alpha value is -4.72. The van der Waals surface area contributed by atoms with Crippen LogP contribution in [0.4, 0.5) is 15.9 Å². The molecule has 0 saturated carbocycles. The van der Waals surface area contributed by atoms with Gasteiger partial charge in [-0.1, -0.05) is 36.9 Å². The first kappa shape index (κ1) is 29.4. The fraction of sp³-hybridized carbons (Fsp3) is 0.424. The fourth-order valence-corrected chi connectivity index (χ4v) is 6.70. The zero-order chi connectivity index (χ0) is 31.0. The summed E-state index contributed by atoms with van der Waals surface area (Å²) in [7, 11) is 1.79. The van der Waals surface area contributed by atoms with E-state index in [4.69, 9.17) is 14.7 Å². The van der Waals surface area contributed by atoms with E-state index >= 15 is 0 Å². The maximum absolute atomic E-state index is 13.8. The number of aryl methyl sites for hydroxylation is 1. The molecule has 1 aromatic heterocycles. The quantitative estimate of drug-likeness (QED) is 0.379. The maximum Gasteiger partial charge on any atom is 0.318 e. The third-order valence-electron chi connectivity index (χ3n) is 8.93. The molecule has 2 saturated heterocycles. The van der Waals surface area contributed by atoms with Gasteiger partial charge in [0.05, 0.1) is 37.4 Å². The topological polar surface area (TPSA) is 106 Å². The fourth-order valence-electron chi connectivity index (χ4n) is 6.70. The van der Waals surface area contributed by atoms with Crippen molar-refractivity contribution in [1.82, 2.24) is 19.8 Å². The van der Waals surface area contributed by atoms with Crippen LogP contribution in [-0.2, 0) is 22.6 Å². The van der Waals surface area contributed by atoms with Crippen LogP contribution in [-0.4, -0.2) is 84.0 Å². The van der Waals surface area contributed by atoms with E-state index in [1.54, 1.807) is 11.9 Å². The van der Waals surface area contributed by atoms with Crippen LogP contribution in [0.25, 0.3) is 10.8 Å². The van der Waals surface area contributed by atoms with E-state index in [0.717, 1.165) is 23.5 Å². The lowest BCUT2D eigenvalue weighted by Crippen LogP contribution is -2.55. The van der Waals surface area contributed by atoms with E-state index in [1.807, 2.05) is 0 Å². The van der Waals surface area contributed by atoms with Crippen molar-refractivity contribution in [3.63, 3.8) is 0 Å². The Bertz CT molecular complexity index is 1670. The van der Waals surface area contributed by atoms with Gasteiger partial charge in [0.2, 0.25) is 5.91 Å². The predicted molar refractivity (Wildman–Crippen MR) is 165 cm³/mol. The number of fused-ring (bicyclic) bond motifs is 2. The normalized spacial score (nSPS) is 20.1. The smallest absolute Gasteiger partial charge is 0.318 e. The number of carbonyl (C=O) groups excluding carboxylic acids is 2. The molecule has 4 heterocycles. The Morgan fingerprint density at radius 3 is 2.66 bits per heavy atom. The molecule has 3 aliphatic heterocycles. The second kappa shape index (κ2) is 12.1. The van der Waals surface area contributed by atoms with Crippen LogP contribution in [0, 0.1) is 24.2 Å². The number of anilines is 2. The molecule has 2 amide bonds. The van der Waals surface area contributed by atoms with E-state index in [2.05, 4.69) is 65.8 Å². The molecule has 2 atom stereocenters. The molecule has 0 aliphatic carbocycles. The van der Waals surface area contributed by atoms with Crippen molar-refractivity contribution in [2.24, 2.45) is 5.92 Å². The highest BCUT2D eigenvalue weighted by atomic mass is 19.1. The molecule has 11 heteroatoms. The minimum atomic E-state index is -1.03. The lowest BCUT2D eigenvalue weighted by atomic mass is 9.99. The second-order valence-corrected chi connectivity index (χ2v) is 11.9. The minimum absolute atomic E-state index is 0.0501. The van der Waals surface area contributed by atoms with Gasteiger partial charge in [0, 0.05) is 68.7 Å². The Balaban J connectivity index is 1.33. The predicted octanol–water partition coefficient (Wildman–Crippen LogP) is 3.77. The van der Waals surface area contributed by atoms with E-state index in [9.17, 15) is 19.2 Å². The molecule has 44 heavy (non-hydrogen) atoms. The van der Waals surface area contributed by atoms with Gasteiger partial charge < -0.3 is 24.3 Å². The second-order valence-electron chi connectivity index (χ2n) is 11.9. The van der Waals surface area contributed by atoms with Gasteiger partial charge in [0.1, 0.15) is 5.82 Å². The Morgan fingerprint density at radius 2 is 1.93 bits per heavy atom. The number of carbonyl (C=O) groups is 2. The number of rotatable bonds is 7. The summed E-state index contributed by atoms with van der Waals surface area (Å²) in [4.78, 5) is 41.8. The number of nitrogens with zero attached hydrogens (tertiary/aromatic N) is 7. The summed E-state index contributed by atoms with van der Waals surface area (Å²) < 4.78 is 20.0. The number of nitriles is 1. The summed E-state index contributed by atoms with van der Waals surface area (Å²) in [5.41, 5.74) is 4.22. The van der Waals surface area contributed by atoms with Crippen molar-refractivity contribution < 1.29 is 18.7 Å². The van der Waals surface area contributed by atoms with Gasteiger partial charge in [0.25, 0.3) is 5.91 Å². The van der Waals surface area contributed by atoms with Crippen LogP contribution in [0.1, 0.15) is 29.7 Å². The Morgan fingerprint density at radius 1 is 1.14 bits per heavy atom. The molecular formula is C33H36FN7O3. The molecule has 0 spiro atoms. The monoisotopic (exact) mass is 597 g/mol. The van der Waals surface area contributed by atoms with Crippen molar-refractivity contribution in [1.29, 1.82) is 5.26 Å². The van der Waals surface area contributed by atoms with Crippen molar-refractivity contribution in [3.05, 3.63) is 65.6 Å². The molecule has 2 aromatic carbocycles. The molecule has 0 N–H and O–H groups in total. The lowest BCUT2D eigenvalue weighted by molar-refractivity contribution is -0.131. The van der Waals surface area contributed by atoms with E-state index in [0.29, 0.717) is 51.4 Å². The summed E-state index contributed by atoms with van der Waals surface area (Å²) in [6.07, 6.45) is 1.18. The zero-order valence-corrected chi connectivity index (χ0v) is 25.1. The molecule has 2 fully saturated rings. The van der Waals surface area contributed by atoms with Gasteiger partial charge in [-0.3, -0.25) is 9.59 Å². The van der Waals surface area contributed by atoms with Crippen LogP contribution in [0.3, 0.4) is 0 Å². The van der Waals surface area contributed by atoms with E-state index < -0.39 is 17.8 Å². The van der Waals surface area contributed by atoms with Crippen molar-refractivity contribution in [2.45, 2.75) is 38.8 Å². The molecule has 0 radical (unpaired) electrons. The van der Waals surface area contributed by atoms with Crippen molar-refractivity contribution in [3.8, 4) is 12.1 Å². The highest BCUT2D eigenvalue weighted by Gasteiger charge is 2.35. The number of amides is 2. The SMILES string of the molecule is C=C(F)C(=O)N1CCN(c2nc(OCC3CC(=O)N(C)C3)nc3c2CCN(c2cccc4cccc(C)c24)C3)C[C@@H]1CC#N. The first-order valence-corrected chi connectivity index (χ1v) is 15.0. The third kappa shape index (κ3) is 5.64. The molecule has 1 unspecified atom stereocenters. The molecule has 6 rings (SSSR count). The highest BCUT2D eigenvalue weighted by Crippen LogP contribution is 2.36. The first-order chi connectivity index (χ1) is 21.2. The number of benzene rings is 2. The summed E-state index contributed by atoms with van der Waals surface area (Å²) >= 11 is 0. The van der Waals surface area contributed by atoms with Crippen LogP contribution in [0.15, 0.2) is 48.8 Å². The summed E-state index contributed by atoms with van der Waals surface area (Å²) in [5.74, 6) is -0.952. The number of hydrogen-bond acceptors (Lipinski definition) is 8. The molecular weight excluding hydrogens is 561 g/mol. The van der Waals surface area contributed by atoms with Crippen molar-refractivity contribution in [2.75, 3.05) is 56.2 Å². The van der Waals surface area contributed by atoms with Gasteiger partial charge >= 0.3 is 6.01 Å². The van der Waals surface area contributed by atoms with Crippen molar-refractivity contribution >= 4 is 34.1 Å². The average molecular weight is 598 g/mol. The molecule has 3 aromatic rings. The standard InChI is InChI=1S/C33H36FN7O3/c1-21-6-4-7-24-8-5-9-28(30(21)24)39-13-11-26-27(19-39)36-33(44-20-23-16-29(42)38(3)17-23)37-31(26)40-14-15-41(32(43)22(2)34)25(18-40)10-12-35/h4-9,23,25H,2,10-11,13-20H2,1,3H3/t23?,25-/m0/s1. The van der Waals surface area contributed by atoms with Crippen LogP contribution >= 0.6 is 0 Å². The van der Waals surface area contributed by atoms with Gasteiger partial charge in [-0.05, 0) is 30.4 Å². The minimum Gasteiger partial charge on any atom is -0.463 e. The molecule has 10 nitrogen and oxygen atoms in total. The molecule has 0 bridgehead atoms. The summed E-state index contributed by atoms with van der Waals surface area (Å²) in [6, 6.07) is 14.5. The van der Waals surface area contributed by atoms with Gasteiger partial charge in [-0.25, -0.2) is 4.39 Å². The summed E-state index contributed by atoms with van der Waals surface area (Å²) in [5, 5.41) is 11.9. The number of hydrogen-bond donors (Lipinski definition) is 0. The number of piperazine rings is 1. The van der Waals surface area contributed by atoms with Crippen LogP contribution < -0.4 is 14.5 Å². The highest BCUT2D eigenvalue weighted by molar-refractivity contribution is 5.97. The van der Waals surface area contributed by atoms with Gasteiger partial charge in [-0.15, -0.1) is 0 Å². The molecule has 3 aliphatic rings. The maximum atomic E-state index is 13.8. The number of likely N-dealkylation sites (tertiary alicyclic amines) is 1. The molecule has 228 valence electrons. The Kier molecular flexibility index (Phi) is 8.08. The number of ether oxygens (including phenoxy) is 1. The number of aromatic nitrogens is 2. The third-order valence-corrected chi connectivity index (χ3v) is 8.93. The summed E-state index contributed by atoms with van der Waals surface area (Å²) in [6.45, 7) is 8.53. The van der Waals surface area contributed by atoms with Crippen LogP contribution in [0.5, 0.6) is 6.01 Å². The lowest BCUT2D eigenvalue weighted by Gasteiger charge is -2.42. The van der Waals surface area contributed by atoms with Gasteiger partial charge in [-0.2, -0.15) is 15.2 Å².